The van der Waals surface area contributed by atoms with E-state index in [-0.39, 0.29) is 18.3 Å². The Hall–Kier alpha value is -2.11. The summed E-state index contributed by atoms with van der Waals surface area (Å²) in [4.78, 5) is 24.4. The van der Waals surface area contributed by atoms with Gasteiger partial charge in [0.1, 0.15) is 17.1 Å². The van der Waals surface area contributed by atoms with Crippen molar-refractivity contribution < 1.29 is 23.8 Å². The maximum atomic E-state index is 13.4. The van der Waals surface area contributed by atoms with E-state index in [1.807, 2.05) is 13.8 Å². The number of carboxylic acids is 1. The highest BCUT2D eigenvalue weighted by atomic mass is 19.1. The lowest BCUT2D eigenvalue weighted by Gasteiger charge is -2.18. The van der Waals surface area contributed by atoms with Crippen molar-refractivity contribution in [3.63, 3.8) is 0 Å². The van der Waals surface area contributed by atoms with Crippen LogP contribution in [-0.2, 0) is 4.79 Å². The highest BCUT2D eigenvalue weighted by molar-refractivity contribution is 5.91. The first-order valence-electron chi connectivity index (χ1n) is 6.93. The molecule has 1 aromatic carbocycles. The lowest BCUT2D eigenvalue weighted by atomic mass is 10.2. The molecule has 1 amide bonds. The van der Waals surface area contributed by atoms with E-state index in [0.717, 1.165) is 6.07 Å². The largest absolute Gasteiger partial charge is 0.493 e. The number of aromatic carboxylic acids is 1. The van der Waals surface area contributed by atoms with Crippen molar-refractivity contribution in [3.8, 4) is 5.75 Å². The summed E-state index contributed by atoms with van der Waals surface area (Å²) < 4.78 is 18.7. The number of halogens is 1. The third kappa shape index (κ3) is 4.73. The SMILES string of the molecule is CCN(CC)C(=O)CCCOc1cccc(F)c1C(=O)O. The maximum Gasteiger partial charge on any atom is 0.342 e. The second kappa shape index (κ2) is 8.24. The Labute approximate surface area is 123 Å². The van der Waals surface area contributed by atoms with Gasteiger partial charge in [0.2, 0.25) is 5.91 Å². The molecule has 0 atom stereocenters. The molecule has 0 aromatic heterocycles. The van der Waals surface area contributed by atoms with Crippen LogP contribution in [0.25, 0.3) is 0 Å². The number of carbonyl (C=O) groups is 2. The van der Waals surface area contributed by atoms with Crippen molar-refractivity contribution >= 4 is 11.9 Å². The van der Waals surface area contributed by atoms with E-state index >= 15 is 0 Å². The molecule has 0 bridgehead atoms. The van der Waals surface area contributed by atoms with Gasteiger partial charge in [-0.3, -0.25) is 4.79 Å². The van der Waals surface area contributed by atoms with Gasteiger partial charge in [0.15, 0.2) is 0 Å². The monoisotopic (exact) mass is 297 g/mol. The molecule has 0 heterocycles. The molecule has 1 N–H and O–H groups in total. The number of hydrogen-bond donors (Lipinski definition) is 1. The van der Waals surface area contributed by atoms with Gasteiger partial charge in [-0.2, -0.15) is 0 Å². The standard InChI is InChI=1S/C15H20FNO4/c1-3-17(4-2)13(18)9-6-10-21-12-8-5-7-11(16)14(12)15(19)20/h5,7-8H,3-4,6,9-10H2,1-2H3,(H,19,20). The van der Waals surface area contributed by atoms with E-state index in [9.17, 15) is 14.0 Å². The Bertz CT molecular complexity index is 500. The molecule has 0 radical (unpaired) electrons. The van der Waals surface area contributed by atoms with Gasteiger partial charge < -0.3 is 14.7 Å². The topological polar surface area (TPSA) is 66.8 Å². The Morgan fingerprint density at radius 2 is 1.95 bits per heavy atom. The molecular formula is C15H20FNO4. The first kappa shape index (κ1) is 16.9. The quantitative estimate of drug-likeness (QED) is 0.749. The van der Waals surface area contributed by atoms with Crippen molar-refractivity contribution in [1.82, 2.24) is 4.90 Å². The molecule has 0 aliphatic carbocycles. The van der Waals surface area contributed by atoms with Crippen LogP contribution in [0.3, 0.4) is 0 Å². The first-order valence-corrected chi connectivity index (χ1v) is 6.93. The molecule has 0 aliphatic heterocycles. The highest BCUT2D eigenvalue weighted by Gasteiger charge is 2.17. The number of hydrogen-bond acceptors (Lipinski definition) is 3. The zero-order valence-corrected chi connectivity index (χ0v) is 12.3. The van der Waals surface area contributed by atoms with E-state index in [2.05, 4.69) is 0 Å². The van der Waals surface area contributed by atoms with E-state index in [1.54, 1.807) is 4.90 Å². The van der Waals surface area contributed by atoms with Gasteiger partial charge in [0, 0.05) is 19.5 Å². The predicted molar refractivity (Wildman–Crippen MR) is 76.0 cm³/mol. The van der Waals surface area contributed by atoms with Crippen LogP contribution in [0.5, 0.6) is 5.75 Å². The number of rotatable bonds is 8. The van der Waals surface area contributed by atoms with Crippen molar-refractivity contribution in [3.05, 3.63) is 29.6 Å². The van der Waals surface area contributed by atoms with Gasteiger partial charge in [-0.25, -0.2) is 9.18 Å². The summed E-state index contributed by atoms with van der Waals surface area (Å²) in [6.45, 7) is 5.29. The number of amides is 1. The van der Waals surface area contributed by atoms with Gasteiger partial charge in [-0.05, 0) is 32.4 Å². The van der Waals surface area contributed by atoms with Gasteiger partial charge in [-0.15, -0.1) is 0 Å². The molecule has 1 aromatic rings. The molecule has 6 heteroatoms. The van der Waals surface area contributed by atoms with Crippen molar-refractivity contribution in [2.75, 3.05) is 19.7 Å². The molecule has 0 saturated carbocycles. The number of nitrogens with zero attached hydrogens (tertiary/aromatic N) is 1. The van der Waals surface area contributed by atoms with Crippen LogP contribution in [0.4, 0.5) is 4.39 Å². The smallest absolute Gasteiger partial charge is 0.342 e. The summed E-state index contributed by atoms with van der Waals surface area (Å²) in [5.74, 6) is -2.19. The molecule has 116 valence electrons. The summed E-state index contributed by atoms with van der Waals surface area (Å²) in [5.41, 5.74) is -0.479. The number of benzene rings is 1. The molecular weight excluding hydrogens is 277 g/mol. The average Bonchev–Trinajstić information content (AvgIpc) is 2.44. The summed E-state index contributed by atoms with van der Waals surface area (Å²) in [7, 11) is 0. The normalized spacial score (nSPS) is 10.2. The maximum absolute atomic E-state index is 13.4. The van der Waals surface area contributed by atoms with Gasteiger partial charge >= 0.3 is 5.97 Å². The number of carboxylic acid groups (broad SMARTS) is 1. The lowest BCUT2D eigenvalue weighted by molar-refractivity contribution is -0.131. The van der Waals surface area contributed by atoms with Crippen LogP contribution in [-0.4, -0.2) is 41.6 Å². The molecule has 0 spiro atoms. The second-order valence-corrected chi connectivity index (χ2v) is 4.44. The van der Waals surface area contributed by atoms with Crippen LogP contribution in [0.15, 0.2) is 18.2 Å². The molecule has 1 rings (SSSR count). The van der Waals surface area contributed by atoms with E-state index in [4.69, 9.17) is 9.84 Å². The summed E-state index contributed by atoms with van der Waals surface area (Å²) in [6, 6.07) is 3.86. The van der Waals surface area contributed by atoms with Crippen LogP contribution >= 0.6 is 0 Å². The van der Waals surface area contributed by atoms with Crippen molar-refractivity contribution in [1.29, 1.82) is 0 Å². The molecule has 0 unspecified atom stereocenters. The Kier molecular flexibility index (Phi) is 6.65. The van der Waals surface area contributed by atoms with Crippen molar-refractivity contribution in [2.45, 2.75) is 26.7 Å². The lowest BCUT2D eigenvalue weighted by Crippen LogP contribution is -2.30. The Morgan fingerprint density at radius 1 is 1.29 bits per heavy atom. The van der Waals surface area contributed by atoms with Crippen LogP contribution in [0.1, 0.15) is 37.0 Å². The Morgan fingerprint density at radius 3 is 2.52 bits per heavy atom. The van der Waals surface area contributed by atoms with Gasteiger partial charge in [0.25, 0.3) is 0 Å². The van der Waals surface area contributed by atoms with Crippen LogP contribution < -0.4 is 4.74 Å². The highest BCUT2D eigenvalue weighted by Crippen LogP contribution is 2.21. The number of carbonyl (C=O) groups excluding carboxylic acids is 1. The third-order valence-electron chi connectivity index (χ3n) is 3.10. The van der Waals surface area contributed by atoms with Gasteiger partial charge in [0.05, 0.1) is 6.61 Å². The summed E-state index contributed by atoms with van der Waals surface area (Å²) in [6.07, 6.45) is 0.768. The molecule has 21 heavy (non-hydrogen) atoms. The minimum Gasteiger partial charge on any atom is -0.493 e. The fourth-order valence-corrected chi connectivity index (χ4v) is 1.97. The average molecular weight is 297 g/mol. The second-order valence-electron chi connectivity index (χ2n) is 4.44. The minimum atomic E-state index is -1.37. The third-order valence-corrected chi connectivity index (χ3v) is 3.10. The van der Waals surface area contributed by atoms with Crippen LogP contribution in [0, 0.1) is 5.82 Å². The van der Waals surface area contributed by atoms with Crippen LogP contribution in [0.2, 0.25) is 0 Å². The van der Waals surface area contributed by atoms with E-state index < -0.39 is 17.3 Å². The molecule has 0 aliphatic rings. The minimum absolute atomic E-state index is 0.0159. The zero-order chi connectivity index (χ0) is 15.8. The predicted octanol–water partition coefficient (Wildman–Crippen LogP) is 2.55. The fourth-order valence-electron chi connectivity index (χ4n) is 1.97. The molecule has 5 nitrogen and oxygen atoms in total. The van der Waals surface area contributed by atoms with Gasteiger partial charge in [-0.1, -0.05) is 6.07 Å². The zero-order valence-electron chi connectivity index (χ0n) is 12.3. The van der Waals surface area contributed by atoms with E-state index in [1.165, 1.54) is 12.1 Å². The summed E-state index contributed by atoms with van der Waals surface area (Å²) >= 11 is 0. The Balaban J connectivity index is 2.52. The van der Waals surface area contributed by atoms with Crippen molar-refractivity contribution in [2.24, 2.45) is 0 Å². The first-order chi connectivity index (χ1) is 10.0. The molecule has 0 fully saturated rings. The molecule has 0 saturated heterocycles. The fraction of sp³-hybridized carbons (Fsp3) is 0.467. The van der Waals surface area contributed by atoms with E-state index in [0.29, 0.717) is 25.9 Å². The summed E-state index contributed by atoms with van der Waals surface area (Å²) in [5, 5.41) is 8.95. The number of ether oxygens (including phenoxy) is 1.